The lowest BCUT2D eigenvalue weighted by atomic mass is 9.92. The number of nitrogens with zero attached hydrogens (tertiary/aromatic N) is 1. The van der Waals surface area contributed by atoms with Gasteiger partial charge in [0, 0.05) is 28.4 Å². The van der Waals surface area contributed by atoms with Crippen molar-refractivity contribution in [1.29, 1.82) is 0 Å². The van der Waals surface area contributed by atoms with Gasteiger partial charge in [-0.15, -0.1) is 0 Å². The van der Waals surface area contributed by atoms with Crippen molar-refractivity contribution in [3.63, 3.8) is 0 Å². The Balaban J connectivity index is 2.01. The highest BCUT2D eigenvalue weighted by molar-refractivity contribution is 7.80. The molecule has 1 N–H and O–H groups in total. The topological polar surface area (TPSA) is 32.3 Å². The Morgan fingerprint density at radius 3 is 2.50 bits per heavy atom. The Labute approximate surface area is 162 Å². The summed E-state index contributed by atoms with van der Waals surface area (Å²) in [5.41, 5.74) is 2.65. The fourth-order valence-corrected chi connectivity index (χ4v) is 3.59. The second kappa shape index (κ2) is 7.56. The number of Topliss-reactive ketones (excluding diaryl/α,β-unsaturated/α-hetero) is 1. The molecule has 0 saturated heterocycles. The fraction of sp³-hybridized carbons (Fsp3) is 0.200. The molecule has 0 aliphatic carbocycles. The van der Waals surface area contributed by atoms with E-state index < -0.39 is 6.04 Å². The summed E-state index contributed by atoms with van der Waals surface area (Å²) < 4.78 is 14.3. The van der Waals surface area contributed by atoms with Gasteiger partial charge in [-0.2, -0.15) is 0 Å². The number of carbonyl (C=O) groups is 1. The third-order valence-electron chi connectivity index (χ3n) is 4.45. The first kappa shape index (κ1) is 18.5. The Bertz CT molecular complexity index is 895. The Hall–Kier alpha value is -2.24. The van der Waals surface area contributed by atoms with Gasteiger partial charge in [-0.3, -0.25) is 4.79 Å². The minimum atomic E-state index is -0.595. The first-order valence-corrected chi connectivity index (χ1v) is 8.95. The van der Waals surface area contributed by atoms with Crippen molar-refractivity contribution in [3.8, 4) is 0 Å². The van der Waals surface area contributed by atoms with Crippen LogP contribution in [0.25, 0.3) is 0 Å². The number of rotatable bonds is 4. The van der Waals surface area contributed by atoms with E-state index in [1.807, 2.05) is 36.1 Å². The first-order valence-electron chi connectivity index (χ1n) is 8.17. The maximum atomic E-state index is 14.3. The van der Waals surface area contributed by atoms with Crippen LogP contribution in [0.4, 0.5) is 4.39 Å². The van der Waals surface area contributed by atoms with E-state index in [1.54, 1.807) is 18.2 Å². The quantitative estimate of drug-likeness (QED) is 0.764. The third-order valence-corrected chi connectivity index (χ3v) is 5.04. The molecule has 0 amide bonds. The van der Waals surface area contributed by atoms with Gasteiger partial charge in [0.1, 0.15) is 5.82 Å². The summed E-state index contributed by atoms with van der Waals surface area (Å²) in [6.07, 6.45) is 0. The number of hydrogen-bond acceptors (Lipinski definition) is 2. The lowest BCUT2D eigenvalue weighted by Crippen LogP contribution is -2.47. The molecule has 134 valence electrons. The molecule has 2 aromatic rings. The van der Waals surface area contributed by atoms with Crippen LogP contribution in [0.2, 0.25) is 5.02 Å². The van der Waals surface area contributed by atoms with Crippen LogP contribution in [0.15, 0.2) is 59.8 Å². The molecule has 1 aliphatic rings. The molecule has 1 aliphatic heterocycles. The predicted octanol–water partition coefficient (Wildman–Crippen LogP) is 4.77. The number of benzene rings is 2. The van der Waals surface area contributed by atoms with E-state index in [2.05, 4.69) is 5.32 Å². The van der Waals surface area contributed by atoms with Gasteiger partial charge in [-0.25, -0.2) is 4.39 Å². The molecule has 2 aromatic carbocycles. The smallest absolute Gasteiger partial charge is 0.174 e. The largest absolute Gasteiger partial charge is 0.351 e. The number of allylic oxidation sites excluding steroid dienone is 1. The number of ketones is 1. The highest BCUT2D eigenvalue weighted by atomic mass is 35.5. The van der Waals surface area contributed by atoms with Gasteiger partial charge in [0.15, 0.2) is 10.9 Å². The van der Waals surface area contributed by atoms with E-state index >= 15 is 0 Å². The van der Waals surface area contributed by atoms with Gasteiger partial charge in [0.2, 0.25) is 0 Å². The number of thiocarbonyl (C=S) groups is 1. The summed E-state index contributed by atoms with van der Waals surface area (Å²) in [6.45, 7) is 3.83. The monoisotopic (exact) mass is 388 g/mol. The van der Waals surface area contributed by atoms with E-state index in [0.29, 0.717) is 27.8 Å². The number of halogens is 2. The van der Waals surface area contributed by atoms with E-state index in [9.17, 15) is 9.18 Å². The van der Waals surface area contributed by atoms with Gasteiger partial charge in [-0.05, 0) is 49.8 Å². The van der Waals surface area contributed by atoms with Crippen molar-refractivity contribution in [3.05, 3.63) is 81.8 Å². The number of hydrogen-bond donors (Lipinski definition) is 1. The Morgan fingerprint density at radius 2 is 1.88 bits per heavy atom. The Morgan fingerprint density at radius 1 is 1.23 bits per heavy atom. The van der Waals surface area contributed by atoms with E-state index in [0.717, 1.165) is 11.3 Å². The molecular weight excluding hydrogens is 371 g/mol. The lowest BCUT2D eigenvalue weighted by molar-refractivity contribution is -0.114. The minimum absolute atomic E-state index is 0.119. The Kier molecular flexibility index (Phi) is 5.39. The summed E-state index contributed by atoms with van der Waals surface area (Å²) in [6, 6.07) is 13.3. The van der Waals surface area contributed by atoms with Gasteiger partial charge in [0.25, 0.3) is 0 Å². The minimum Gasteiger partial charge on any atom is -0.351 e. The van der Waals surface area contributed by atoms with Crippen molar-refractivity contribution < 1.29 is 9.18 Å². The van der Waals surface area contributed by atoms with Gasteiger partial charge < -0.3 is 10.2 Å². The summed E-state index contributed by atoms with van der Waals surface area (Å²) >= 11 is 11.4. The zero-order chi connectivity index (χ0) is 18.8. The third kappa shape index (κ3) is 3.64. The summed E-state index contributed by atoms with van der Waals surface area (Å²) in [7, 11) is 0. The van der Waals surface area contributed by atoms with Crippen LogP contribution in [0, 0.1) is 5.82 Å². The van der Waals surface area contributed by atoms with Crippen LogP contribution in [0.3, 0.4) is 0 Å². The molecule has 26 heavy (non-hydrogen) atoms. The maximum absolute atomic E-state index is 14.3. The molecule has 0 spiro atoms. The number of carbonyl (C=O) groups excluding carboxylic acids is 1. The van der Waals surface area contributed by atoms with E-state index in [-0.39, 0.29) is 11.6 Å². The molecule has 6 heteroatoms. The average molecular weight is 389 g/mol. The molecule has 0 bridgehead atoms. The van der Waals surface area contributed by atoms with Crippen LogP contribution >= 0.6 is 23.8 Å². The fourth-order valence-electron chi connectivity index (χ4n) is 3.14. The van der Waals surface area contributed by atoms with Crippen molar-refractivity contribution in [2.24, 2.45) is 0 Å². The van der Waals surface area contributed by atoms with Gasteiger partial charge in [0.05, 0.1) is 6.04 Å². The van der Waals surface area contributed by atoms with Crippen molar-refractivity contribution in [2.75, 3.05) is 0 Å². The van der Waals surface area contributed by atoms with Gasteiger partial charge in [-0.1, -0.05) is 41.9 Å². The second-order valence-corrected chi connectivity index (χ2v) is 7.00. The molecule has 0 fully saturated rings. The van der Waals surface area contributed by atoms with Crippen molar-refractivity contribution in [2.45, 2.75) is 26.4 Å². The SMILES string of the molecule is CC(=O)C1=C(C)N(Cc2ccc(Cl)cc2)C(=S)NC1c1ccccc1F. The van der Waals surface area contributed by atoms with Crippen LogP contribution in [-0.2, 0) is 11.3 Å². The van der Waals surface area contributed by atoms with Crippen molar-refractivity contribution >= 4 is 34.7 Å². The summed E-state index contributed by atoms with van der Waals surface area (Å²) in [4.78, 5) is 14.2. The summed E-state index contributed by atoms with van der Waals surface area (Å²) in [5, 5.41) is 4.24. The zero-order valence-electron chi connectivity index (χ0n) is 14.4. The molecular formula is C20H18ClFN2OS. The highest BCUT2D eigenvalue weighted by Gasteiger charge is 2.33. The molecule has 3 nitrogen and oxygen atoms in total. The molecule has 3 rings (SSSR count). The van der Waals surface area contributed by atoms with Crippen LogP contribution < -0.4 is 5.32 Å². The lowest BCUT2D eigenvalue weighted by Gasteiger charge is -2.38. The second-order valence-electron chi connectivity index (χ2n) is 6.17. The molecule has 1 unspecified atom stereocenters. The van der Waals surface area contributed by atoms with Gasteiger partial charge >= 0.3 is 0 Å². The van der Waals surface area contributed by atoms with E-state index in [4.69, 9.17) is 23.8 Å². The maximum Gasteiger partial charge on any atom is 0.174 e. The molecule has 1 heterocycles. The van der Waals surface area contributed by atoms with Crippen molar-refractivity contribution in [1.82, 2.24) is 10.2 Å². The standard InChI is InChI=1S/C20H18ClFN2OS/c1-12-18(13(2)25)19(16-5-3-4-6-17(16)22)23-20(26)24(12)11-14-7-9-15(21)10-8-14/h3-10,19H,11H2,1-2H3,(H,23,26). The first-order chi connectivity index (χ1) is 12.4. The van der Waals surface area contributed by atoms with Crippen LogP contribution in [0.5, 0.6) is 0 Å². The van der Waals surface area contributed by atoms with Crippen LogP contribution in [-0.4, -0.2) is 15.8 Å². The zero-order valence-corrected chi connectivity index (χ0v) is 16.0. The average Bonchev–Trinajstić information content (AvgIpc) is 2.59. The summed E-state index contributed by atoms with van der Waals surface area (Å²) in [5.74, 6) is -0.489. The molecule has 0 saturated carbocycles. The number of nitrogens with one attached hydrogen (secondary N) is 1. The normalized spacial score (nSPS) is 17.3. The molecule has 0 radical (unpaired) electrons. The van der Waals surface area contributed by atoms with E-state index in [1.165, 1.54) is 13.0 Å². The molecule has 1 atom stereocenters. The highest BCUT2D eigenvalue weighted by Crippen LogP contribution is 2.33. The van der Waals surface area contributed by atoms with Crippen LogP contribution in [0.1, 0.15) is 31.0 Å². The predicted molar refractivity (Wildman–Crippen MR) is 105 cm³/mol. The molecule has 0 aromatic heterocycles.